The van der Waals surface area contributed by atoms with E-state index in [0.29, 0.717) is 16.5 Å². The lowest BCUT2D eigenvalue weighted by molar-refractivity contribution is -0.123. The minimum absolute atomic E-state index is 0.0498. The first-order valence-corrected chi connectivity index (χ1v) is 9.95. The van der Waals surface area contributed by atoms with Crippen LogP contribution in [0.1, 0.15) is 58.4 Å². The minimum atomic E-state index is -0.298. The molecule has 3 rings (SSSR count). The smallest absolute Gasteiger partial charge is 0.227 e. The maximum atomic E-state index is 13.5. The lowest BCUT2D eigenvalue weighted by atomic mass is 9.65. The number of benzene rings is 1. The van der Waals surface area contributed by atoms with Crippen LogP contribution in [0.25, 0.3) is 0 Å². The fourth-order valence-electron chi connectivity index (χ4n) is 4.42. The molecule has 0 atom stereocenters. The van der Waals surface area contributed by atoms with Gasteiger partial charge in [-0.05, 0) is 80.2 Å². The van der Waals surface area contributed by atoms with Gasteiger partial charge >= 0.3 is 0 Å². The Bertz CT molecular complexity index is 628. The van der Waals surface area contributed by atoms with E-state index in [1.54, 1.807) is 0 Å². The largest absolute Gasteiger partial charge is 0.326 e. The summed E-state index contributed by atoms with van der Waals surface area (Å²) in [5.74, 6) is -0.186. The second-order valence-electron chi connectivity index (χ2n) is 9.80. The summed E-state index contributed by atoms with van der Waals surface area (Å²) < 4.78 is 13.5. The van der Waals surface area contributed by atoms with E-state index < -0.39 is 0 Å². The summed E-state index contributed by atoms with van der Waals surface area (Å²) in [6.45, 7) is 12.3. The van der Waals surface area contributed by atoms with Crippen molar-refractivity contribution in [3.8, 4) is 0 Å². The maximum absolute atomic E-state index is 13.5. The van der Waals surface area contributed by atoms with E-state index >= 15 is 0 Å². The highest BCUT2D eigenvalue weighted by Gasteiger charge is 2.45. The highest BCUT2D eigenvalue weighted by atomic mass is 19.1. The van der Waals surface area contributed by atoms with Crippen LogP contribution in [0.3, 0.4) is 0 Å². The van der Waals surface area contributed by atoms with E-state index in [0.717, 1.165) is 31.2 Å². The standard InChI is InChI=1S/C22H33FN2O/c1-16-11-18(23)13-19(12-16)24-20(26)17-5-7-22(8-6-17)14-25(15-22)10-9-21(2,3)4/h11-13,17H,5-10,14-15H2,1-4H3,(H,24,26). The summed E-state index contributed by atoms with van der Waals surface area (Å²) in [6.07, 6.45) is 5.42. The van der Waals surface area contributed by atoms with Crippen molar-refractivity contribution in [1.29, 1.82) is 0 Å². The van der Waals surface area contributed by atoms with Crippen molar-refractivity contribution < 1.29 is 9.18 Å². The third-order valence-electron chi connectivity index (χ3n) is 6.02. The zero-order valence-electron chi connectivity index (χ0n) is 16.7. The van der Waals surface area contributed by atoms with Gasteiger partial charge in [-0.15, -0.1) is 0 Å². The number of carbonyl (C=O) groups excluding carboxylic acids is 1. The summed E-state index contributed by atoms with van der Waals surface area (Å²) in [7, 11) is 0. The molecule has 1 spiro atoms. The number of aryl methyl sites for hydroxylation is 1. The summed E-state index contributed by atoms with van der Waals surface area (Å²) in [4.78, 5) is 15.1. The number of nitrogens with zero attached hydrogens (tertiary/aromatic N) is 1. The Kier molecular flexibility index (Phi) is 5.43. The van der Waals surface area contributed by atoms with E-state index in [4.69, 9.17) is 0 Å². The van der Waals surface area contributed by atoms with Crippen molar-refractivity contribution in [1.82, 2.24) is 4.90 Å². The molecule has 3 nitrogen and oxygen atoms in total. The lowest BCUT2D eigenvalue weighted by Gasteiger charge is -2.54. The summed E-state index contributed by atoms with van der Waals surface area (Å²) in [6, 6.07) is 4.70. The highest BCUT2D eigenvalue weighted by molar-refractivity contribution is 5.92. The van der Waals surface area contributed by atoms with Gasteiger partial charge in [0.1, 0.15) is 5.82 Å². The predicted octanol–water partition coefficient (Wildman–Crippen LogP) is 5.00. The van der Waals surface area contributed by atoms with Gasteiger partial charge < -0.3 is 10.2 Å². The average molecular weight is 361 g/mol. The van der Waals surface area contributed by atoms with Gasteiger partial charge in [0.25, 0.3) is 0 Å². The molecule has 1 amide bonds. The van der Waals surface area contributed by atoms with Gasteiger partial charge in [-0.3, -0.25) is 4.79 Å². The minimum Gasteiger partial charge on any atom is -0.326 e. The van der Waals surface area contributed by atoms with Gasteiger partial charge in [0.15, 0.2) is 0 Å². The quantitative estimate of drug-likeness (QED) is 0.819. The average Bonchev–Trinajstić information content (AvgIpc) is 2.49. The predicted molar refractivity (Wildman–Crippen MR) is 105 cm³/mol. The number of carbonyl (C=O) groups is 1. The molecular formula is C22H33FN2O. The van der Waals surface area contributed by atoms with Gasteiger partial charge in [-0.25, -0.2) is 4.39 Å². The second-order valence-corrected chi connectivity index (χ2v) is 9.80. The number of amides is 1. The van der Waals surface area contributed by atoms with Crippen molar-refractivity contribution in [2.45, 2.75) is 59.8 Å². The van der Waals surface area contributed by atoms with Gasteiger partial charge in [-0.2, -0.15) is 0 Å². The Morgan fingerprint density at radius 3 is 2.46 bits per heavy atom. The molecule has 1 heterocycles. The molecule has 1 saturated heterocycles. The van der Waals surface area contributed by atoms with Crippen LogP contribution in [0.15, 0.2) is 18.2 Å². The molecule has 0 bridgehead atoms. The van der Waals surface area contributed by atoms with Crippen molar-refractivity contribution in [2.24, 2.45) is 16.7 Å². The monoisotopic (exact) mass is 360 g/mol. The third-order valence-corrected chi connectivity index (χ3v) is 6.02. The van der Waals surface area contributed by atoms with E-state index in [1.807, 2.05) is 13.0 Å². The van der Waals surface area contributed by atoms with Crippen LogP contribution in [0.4, 0.5) is 10.1 Å². The van der Waals surface area contributed by atoms with Crippen LogP contribution in [0.2, 0.25) is 0 Å². The highest BCUT2D eigenvalue weighted by Crippen LogP contribution is 2.46. The normalized spacial score (nSPS) is 20.8. The number of anilines is 1. The molecule has 1 aliphatic heterocycles. The number of halogens is 1. The van der Waals surface area contributed by atoms with Crippen LogP contribution >= 0.6 is 0 Å². The Balaban J connectivity index is 1.45. The van der Waals surface area contributed by atoms with E-state index in [2.05, 4.69) is 31.0 Å². The van der Waals surface area contributed by atoms with Crippen LogP contribution in [-0.2, 0) is 4.79 Å². The molecule has 1 N–H and O–H groups in total. The topological polar surface area (TPSA) is 32.3 Å². The molecule has 26 heavy (non-hydrogen) atoms. The van der Waals surface area contributed by atoms with Crippen LogP contribution in [0, 0.1) is 29.5 Å². The van der Waals surface area contributed by atoms with Crippen LogP contribution in [0.5, 0.6) is 0 Å². The molecule has 4 heteroatoms. The lowest BCUT2D eigenvalue weighted by Crippen LogP contribution is -2.58. The Hall–Kier alpha value is -1.42. The van der Waals surface area contributed by atoms with Crippen LogP contribution in [-0.4, -0.2) is 30.4 Å². The molecule has 2 aliphatic rings. The molecular weight excluding hydrogens is 327 g/mol. The van der Waals surface area contributed by atoms with Crippen molar-refractivity contribution in [3.63, 3.8) is 0 Å². The van der Waals surface area contributed by atoms with E-state index in [-0.39, 0.29) is 17.6 Å². The zero-order valence-corrected chi connectivity index (χ0v) is 16.7. The fraction of sp³-hybridized carbons (Fsp3) is 0.682. The van der Waals surface area contributed by atoms with Gasteiger partial charge in [0, 0.05) is 24.7 Å². The maximum Gasteiger partial charge on any atom is 0.227 e. The van der Waals surface area contributed by atoms with Gasteiger partial charge in [0.05, 0.1) is 0 Å². The summed E-state index contributed by atoms with van der Waals surface area (Å²) in [5.41, 5.74) is 2.25. The summed E-state index contributed by atoms with van der Waals surface area (Å²) >= 11 is 0. The SMILES string of the molecule is Cc1cc(F)cc(NC(=O)C2CCC3(CC2)CN(CCC(C)(C)C)C3)c1. The first-order valence-electron chi connectivity index (χ1n) is 9.95. The molecule has 0 radical (unpaired) electrons. The molecule has 1 aromatic rings. The fourth-order valence-corrected chi connectivity index (χ4v) is 4.42. The van der Waals surface area contributed by atoms with E-state index in [9.17, 15) is 9.18 Å². The first-order chi connectivity index (χ1) is 12.1. The number of rotatable bonds is 4. The molecule has 0 unspecified atom stereocenters. The molecule has 1 saturated carbocycles. The molecule has 0 aromatic heterocycles. The van der Waals surface area contributed by atoms with Crippen LogP contribution < -0.4 is 5.32 Å². The Morgan fingerprint density at radius 1 is 1.23 bits per heavy atom. The molecule has 2 fully saturated rings. The summed E-state index contributed by atoms with van der Waals surface area (Å²) in [5, 5.41) is 2.91. The first kappa shape index (κ1) is 19.3. The van der Waals surface area contributed by atoms with Gasteiger partial charge in [0.2, 0.25) is 5.91 Å². The van der Waals surface area contributed by atoms with Crippen molar-refractivity contribution in [3.05, 3.63) is 29.6 Å². The third kappa shape index (κ3) is 4.85. The Labute approximate surface area is 157 Å². The van der Waals surface area contributed by atoms with Gasteiger partial charge in [-0.1, -0.05) is 20.8 Å². The molecule has 1 aliphatic carbocycles. The Morgan fingerprint density at radius 2 is 1.88 bits per heavy atom. The van der Waals surface area contributed by atoms with E-state index in [1.165, 1.54) is 38.2 Å². The number of likely N-dealkylation sites (tertiary alicyclic amines) is 1. The second kappa shape index (κ2) is 7.30. The number of hydrogen-bond acceptors (Lipinski definition) is 2. The number of nitrogens with one attached hydrogen (secondary N) is 1. The number of hydrogen-bond donors (Lipinski definition) is 1. The van der Waals surface area contributed by atoms with Crippen molar-refractivity contribution in [2.75, 3.05) is 25.0 Å². The molecule has 1 aromatic carbocycles. The molecule has 144 valence electrons. The van der Waals surface area contributed by atoms with Crippen molar-refractivity contribution >= 4 is 11.6 Å². The zero-order chi connectivity index (χ0) is 18.9.